The third-order valence-electron chi connectivity index (χ3n) is 4.78. The molecule has 1 fully saturated rings. The summed E-state index contributed by atoms with van der Waals surface area (Å²) in [5.74, 6) is 0.457. The Morgan fingerprint density at radius 3 is 2.57 bits per heavy atom. The fourth-order valence-electron chi connectivity index (χ4n) is 3.32. The van der Waals surface area contributed by atoms with Crippen LogP contribution in [0.5, 0.6) is 0 Å². The van der Waals surface area contributed by atoms with E-state index in [1.54, 1.807) is 10.7 Å². The quantitative estimate of drug-likeness (QED) is 0.511. The van der Waals surface area contributed by atoms with Crippen molar-refractivity contribution in [3.8, 4) is 5.69 Å². The van der Waals surface area contributed by atoms with Crippen LogP contribution in [0.3, 0.4) is 0 Å². The summed E-state index contributed by atoms with van der Waals surface area (Å²) >= 11 is 0. The number of hydrogen-bond donors (Lipinski definition) is 0. The Kier molecular flexibility index (Phi) is 4.84. The highest BCUT2D eigenvalue weighted by Crippen LogP contribution is 2.30. The number of nitrogens with zero attached hydrogens (tertiary/aromatic N) is 6. The molecule has 0 spiro atoms. The van der Waals surface area contributed by atoms with Gasteiger partial charge in [0.1, 0.15) is 5.69 Å². The highest BCUT2D eigenvalue weighted by Gasteiger charge is 2.24. The zero-order valence-electron chi connectivity index (χ0n) is 15.5. The molecular formula is C20H20N6O2. The number of pyridine rings is 1. The smallest absolute Gasteiger partial charge is 0.311 e. The van der Waals surface area contributed by atoms with Crippen LogP contribution in [0.2, 0.25) is 0 Å². The Hall–Kier alpha value is -3.55. The van der Waals surface area contributed by atoms with Crippen molar-refractivity contribution < 1.29 is 4.92 Å². The lowest BCUT2D eigenvalue weighted by Crippen LogP contribution is -2.32. The van der Waals surface area contributed by atoms with Gasteiger partial charge in [0.25, 0.3) is 0 Å². The Bertz CT molecular complexity index is 1020. The summed E-state index contributed by atoms with van der Waals surface area (Å²) in [6.07, 6.45) is 5.58. The summed E-state index contributed by atoms with van der Waals surface area (Å²) in [4.78, 5) is 17.3. The maximum Gasteiger partial charge on any atom is 0.311 e. The number of nitro groups is 1. The number of piperidine rings is 1. The minimum atomic E-state index is -0.366. The molecule has 4 rings (SSSR count). The molecule has 1 aliphatic heterocycles. The van der Waals surface area contributed by atoms with Crippen molar-refractivity contribution in [3.05, 3.63) is 75.7 Å². The standard InChI is InChI=1S/C20H20N6O2/c1-15-7-8-19(26(27)28)20(21-15)24-11-9-16(10-12-24)13-17-14-25(23-22-17)18-5-3-2-4-6-18/h2-8,13-14H,9-12H2,1H3. The van der Waals surface area contributed by atoms with Crippen molar-refractivity contribution in [2.45, 2.75) is 19.8 Å². The van der Waals surface area contributed by atoms with Crippen LogP contribution >= 0.6 is 0 Å². The van der Waals surface area contributed by atoms with E-state index < -0.39 is 0 Å². The van der Waals surface area contributed by atoms with Crippen LogP contribution in [0.25, 0.3) is 11.8 Å². The van der Waals surface area contributed by atoms with Gasteiger partial charge in [0, 0.05) is 24.8 Å². The van der Waals surface area contributed by atoms with Gasteiger partial charge in [-0.3, -0.25) is 10.1 Å². The summed E-state index contributed by atoms with van der Waals surface area (Å²) in [6.45, 7) is 3.23. The molecule has 0 aliphatic carbocycles. The second-order valence-electron chi connectivity index (χ2n) is 6.77. The molecule has 0 saturated carbocycles. The lowest BCUT2D eigenvalue weighted by atomic mass is 10.0. The van der Waals surface area contributed by atoms with Gasteiger partial charge < -0.3 is 4.90 Å². The fourth-order valence-corrected chi connectivity index (χ4v) is 3.32. The molecule has 1 aromatic carbocycles. The predicted molar refractivity (Wildman–Crippen MR) is 106 cm³/mol. The van der Waals surface area contributed by atoms with E-state index in [0.717, 1.165) is 29.9 Å². The van der Waals surface area contributed by atoms with Crippen LogP contribution in [-0.4, -0.2) is 38.0 Å². The molecule has 1 saturated heterocycles. The van der Waals surface area contributed by atoms with Gasteiger partial charge in [-0.1, -0.05) is 29.0 Å². The van der Waals surface area contributed by atoms with Crippen LogP contribution in [0.4, 0.5) is 11.5 Å². The number of hydrogen-bond acceptors (Lipinski definition) is 6. The van der Waals surface area contributed by atoms with Gasteiger partial charge >= 0.3 is 5.69 Å². The summed E-state index contributed by atoms with van der Waals surface area (Å²) in [6, 6.07) is 13.0. The molecule has 0 atom stereocenters. The Morgan fingerprint density at radius 1 is 1.11 bits per heavy atom. The van der Waals surface area contributed by atoms with Gasteiger partial charge in [0.05, 0.1) is 16.8 Å². The van der Waals surface area contributed by atoms with E-state index in [0.29, 0.717) is 18.9 Å². The van der Waals surface area contributed by atoms with E-state index in [4.69, 9.17) is 0 Å². The minimum Gasteiger partial charge on any atom is -0.350 e. The van der Waals surface area contributed by atoms with Crippen molar-refractivity contribution in [2.75, 3.05) is 18.0 Å². The third kappa shape index (κ3) is 3.75. The first-order valence-electron chi connectivity index (χ1n) is 9.14. The van der Waals surface area contributed by atoms with Gasteiger partial charge in [0.2, 0.25) is 5.82 Å². The van der Waals surface area contributed by atoms with Gasteiger partial charge in [-0.25, -0.2) is 9.67 Å². The largest absolute Gasteiger partial charge is 0.350 e. The Morgan fingerprint density at radius 2 is 1.86 bits per heavy atom. The molecule has 3 aromatic rings. The first-order valence-corrected chi connectivity index (χ1v) is 9.14. The molecule has 8 heteroatoms. The molecule has 8 nitrogen and oxygen atoms in total. The first-order chi connectivity index (χ1) is 13.6. The van der Waals surface area contributed by atoms with Crippen molar-refractivity contribution in [1.29, 1.82) is 0 Å². The fraction of sp³-hybridized carbons (Fsp3) is 0.250. The number of aromatic nitrogens is 4. The summed E-state index contributed by atoms with van der Waals surface area (Å²) in [5, 5.41) is 19.7. The van der Waals surface area contributed by atoms with Crippen LogP contribution in [0, 0.1) is 17.0 Å². The van der Waals surface area contributed by atoms with E-state index in [2.05, 4.69) is 21.4 Å². The van der Waals surface area contributed by atoms with E-state index in [1.165, 1.54) is 11.6 Å². The molecule has 142 valence electrons. The lowest BCUT2D eigenvalue weighted by molar-refractivity contribution is -0.384. The van der Waals surface area contributed by atoms with Crippen LogP contribution in [-0.2, 0) is 0 Å². The number of anilines is 1. The highest BCUT2D eigenvalue weighted by molar-refractivity contribution is 5.59. The van der Waals surface area contributed by atoms with Gasteiger partial charge in [-0.05, 0) is 44.0 Å². The van der Waals surface area contributed by atoms with Crippen LogP contribution in [0.1, 0.15) is 24.2 Å². The SMILES string of the molecule is Cc1ccc([N+](=O)[O-])c(N2CCC(=Cc3cn(-c4ccccc4)nn3)CC2)n1. The van der Waals surface area contributed by atoms with Crippen molar-refractivity contribution in [2.24, 2.45) is 0 Å². The molecule has 0 bridgehead atoms. The van der Waals surface area contributed by atoms with E-state index in [-0.39, 0.29) is 10.6 Å². The second-order valence-corrected chi connectivity index (χ2v) is 6.77. The minimum absolute atomic E-state index is 0.0591. The zero-order chi connectivity index (χ0) is 19.5. The zero-order valence-corrected chi connectivity index (χ0v) is 15.5. The summed E-state index contributed by atoms with van der Waals surface area (Å²) in [7, 11) is 0. The van der Waals surface area contributed by atoms with E-state index in [9.17, 15) is 10.1 Å². The molecule has 2 aromatic heterocycles. The Labute approximate surface area is 162 Å². The normalized spacial score (nSPS) is 14.2. The van der Waals surface area contributed by atoms with Gasteiger partial charge in [-0.2, -0.15) is 0 Å². The number of rotatable bonds is 4. The van der Waals surface area contributed by atoms with Crippen LogP contribution < -0.4 is 4.90 Å². The molecule has 28 heavy (non-hydrogen) atoms. The monoisotopic (exact) mass is 376 g/mol. The third-order valence-corrected chi connectivity index (χ3v) is 4.78. The van der Waals surface area contributed by atoms with E-state index in [1.807, 2.05) is 48.4 Å². The van der Waals surface area contributed by atoms with Crippen molar-refractivity contribution >= 4 is 17.6 Å². The average Bonchev–Trinajstić information content (AvgIpc) is 3.17. The molecule has 0 N–H and O–H groups in total. The Balaban J connectivity index is 1.47. The maximum atomic E-state index is 11.3. The van der Waals surface area contributed by atoms with E-state index >= 15 is 0 Å². The number of para-hydroxylation sites is 1. The molecule has 3 heterocycles. The maximum absolute atomic E-state index is 11.3. The number of aryl methyl sites for hydroxylation is 1. The number of benzene rings is 1. The average molecular weight is 376 g/mol. The predicted octanol–water partition coefficient (Wildman–Crippen LogP) is 3.56. The lowest BCUT2D eigenvalue weighted by Gasteiger charge is -2.29. The van der Waals surface area contributed by atoms with Gasteiger partial charge in [0.15, 0.2) is 0 Å². The summed E-state index contributed by atoms with van der Waals surface area (Å²) < 4.78 is 1.75. The second kappa shape index (κ2) is 7.59. The molecule has 1 aliphatic rings. The van der Waals surface area contributed by atoms with Crippen molar-refractivity contribution in [3.63, 3.8) is 0 Å². The van der Waals surface area contributed by atoms with Crippen molar-refractivity contribution in [1.82, 2.24) is 20.0 Å². The molecule has 0 unspecified atom stereocenters. The first kappa shape index (κ1) is 17.8. The molecule has 0 radical (unpaired) electrons. The van der Waals surface area contributed by atoms with Crippen LogP contribution in [0.15, 0.2) is 54.2 Å². The molecule has 0 amide bonds. The topological polar surface area (TPSA) is 90.0 Å². The highest BCUT2D eigenvalue weighted by atomic mass is 16.6. The summed E-state index contributed by atoms with van der Waals surface area (Å²) in [5.41, 5.74) is 3.87. The molecular weight excluding hydrogens is 356 g/mol. The van der Waals surface area contributed by atoms with Gasteiger partial charge in [-0.15, -0.1) is 5.10 Å².